The fourth-order valence-electron chi connectivity index (χ4n) is 0.620. The number of hydrogen-bond donors (Lipinski definition) is 0. The molecule has 0 aliphatic heterocycles. The molecule has 0 heterocycles. The number of benzene rings is 1. The molecule has 1 aromatic carbocycles. The molecule has 11 heavy (non-hydrogen) atoms. The molecule has 0 aliphatic rings. The molecule has 4 heteroatoms. The van der Waals surface area contributed by atoms with Crippen molar-refractivity contribution in [2.75, 3.05) is 0 Å². The van der Waals surface area contributed by atoms with Crippen LogP contribution < -0.4 is 0 Å². The summed E-state index contributed by atoms with van der Waals surface area (Å²) in [6, 6.07) is 3.66. The SMILES string of the molecule is N#Cc1cc(F)c(I)c(F)c1. The van der Waals surface area contributed by atoms with Crippen LogP contribution in [0.4, 0.5) is 8.78 Å². The van der Waals surface area contributed by atoms with Gasteiger partial charge in [-0.2, -0.15) is 5.26 Å². The fraction of sp³-hybridized carbons (Fsp3) is 0. The van der Waals surface area contributed by atoms with Gasteiger partial charge in [-0.25, -0.2) is 8.78 Å². The van der Waals surface area contributed by atoms with Crippen molar-refractivity contribution in [3.05, 3.63) is 32.9 Å². The van der Waals surface area contributed by atoms with Crippen molar-refractivity contribution in [1.29, 1.82) is 5.26 Å². The lowest BCUT2D eigenvalue weighted by molar-refractivity contribution is 0.569. The van der Waals surface area contributed by atoms with Crippen LogP contribution in [0.25, 0.3) is 0 Å². The first kappa shape index (κ1) is 8.40. The summed E-state index contributed by atoms with van der Waals surface area (Å²) in [6.07, 6.45) is 0. The van der Waals surface area contributed by atoms with E-state index in [2.05, 4.69) is 0 Å². The Morgan fingerprint density at radius 3 is 2.09 bits per heavy atom. The van der Waals surface area contributed by atoms with Crippen molar-refractivity contribution < 1.29 is 8.78 Å². The molecule has 0 saturated heterocycles. The van der Waals surface area contributed by atoms with Crippen molar-refractivity contribution in [2.45, 2.75) is 0 Å². The van der Waals surface area contributed by atoms with Gasteiger partial charge in [-0.3, -0.25) is 0 Å². The number of nitriles is 1. The smallest absolute Gasteiger partial charge is 0.140 e. The van der Waals surface area contributed by atoms with Crippen LogP contribution in [0, 0.1) is 26.5 Å². The molecule has 0 aliphatic carbocycles. The molecule has 1 nitrogen and oxygen atoms in total. The number of halogens is 3. The summed E-state index contributed by atoms with van der Waals surface area (Å²) >= 11 is 1.54. The predicted octanol–water partition coefficient (Wildman–Crippen LogP) is 2.44. The lowest BCUT2D eigenvalue weighted by Gasteiger charge is -1.95. The maximum atomic E-state index is 12.6. The summed E-state index contributed by atoms with van der Waals surface area (Å²) in [7, 11) is 0. The van der Waals surface area contributed by atoms with Crippen LogP contribution in [0.5, 0.6) is 0 Å². The van der Waals surface area contributed by atoms with Crippen LogP contribution in [0.3, 0.4) is 0 Å². The summed E-state index contributed by atoms with van der Waals surface area (Å²) in [5, 5.41) is 8.29. The molecule has 0 N–H and O–H groups in total. The minimum atomic E-state index is -0.692. The Bertz CT molecular complexity index is 307. The highest BCUT2D eigenvalue weighted by Crippen LogP contribution is 2.16. The molecule has 0 aromatic heterocycles. The molecule has 1 aromatic rings. The van der Waals surface area contributed by atoms with Crippen molar-refractivity contribution in [2.24, 2.45) is 0 Å². The van der Waals surface area contributed by atoms with Crippen molar-refractivity contribution in [1.82, 2.24) is 0 Å². The van der Waals surface area contributed by atoms with E-state index in [1.807, 2.05) is 0 Å². The third-order valence-electron chi connectivity index (χ3n) is 1.11. The van der Waals surface area contributed by atoms with Crippen LogP contribution in [0.2, 0.25) is 0 Å². The van der Waals surface area contributed by atoms with Gasteiger partial charge >= 0.3 is 0 Å². The molecule has 0 bridgehead atoms. The molecule has 0 fully saturated rings. The van der Waals surface area contributed by atoms with E-state index in [1.165, 1.54) is 0 Å². The van der Waals surface area contributed by atoms with E-state index in [-0.39, 0.29) is 9.13 Å². The van der Waals surface area contributed by atoms with Gasteiger partial charge in [0.05, 0.1) is 15.2 Å². The van der Waals surface area contributed by atoms with E-state index in [1.54, 1.807) is 28.7 Å². The monoisotopic (exact) mass is 265 g/mol. The van der Waals surface area contributed by atoms with Crippen LogP contribution in [-0.4, -0.2) is 0 Å². The van der Waals surface area contributed by atoms with Crippen LogP contribution in [-0.2, 0) is 0 Å². The Kier molecular flexibility index (Phi) is 2.39. The number of nitrogens with zero attached hydrogens (tertiary/aromatic N) is 1. The largest absolute Gasteiger partial charge is 0.206 e. The highest BCUT2D eigenvalue weighted by atomic mass is 127. The van der Waals surface area contributed by atoms with E-state index in [9.17, 15) is 8.78 Å². The fourth-order valence-corrected chi connectivity index (χ4v) is 0.931. The van der Waals surface area contributed by atoms with Gasteiger partial charge in [0.1, 0.15) is 11.6 Å². The predicted molar refractivity (Wildman–Crippen MR) is 43.8 cm³/mol. The Hall–Kier alpha value is -0.700. The molecule has 56 valence electrons. The van der Waals surface area contributed by atoms with Gasteiger partial charge in [-0.15, -0.1) is 0 Å². The lowest BCUT2D eigenvalue weighted by atomic mass is 10.2. The summed E-state index contributed by atoms with van der Waals surface area (Å²) in [6.45, 7) is 0. The van der Waals surface area contributed by atoms with Crippen LogP contribution in [0.15, 0.2) is 12.1 Å². The zero-order valence-corrected chi connectivity index (χ0v) is 7.39. The van der Waals surface area contributed by atoms with E-state index in [0.717, 1.165) is 12.1 Å². The Morgan fingerprint density at radius 2 is 1.73 bits per heavy atom. The molecule has 0 atom stereocenters. The Balaban J connectivity index is 3.35. The minimum Gasteiger partial charge on any atom is -0.206 e. The quantitative estimate of drug-likeness (QED) is 0.522. The second-order valence-corrected chi connectivity index (χ2v) is 2.94. The number of rotatable bonds is 0. The van der Waals surface area contributed by atoms with Crippen molar-refractivity contribution >= 4 is 22.6 Å². The molecular weight excluding hydrogens is 263 g/mol. The third kappa shape index (κ3) is 1.66. The second-order valence-electron chi connectivity index (χ2n) is 1.87. The highest BCUT2D eigenvalue weighted by molar-refractivity contribution is 14.1. The van der Waals surface area contributed by atoms with E-state index in [0.29, 0.717) is 0 Å². The zero-order chi connectivity index (χ0) is 8.43. The topological polar surface area (TPSA) is 23.8 Å². The molecule has 0 amide bonds. The maximum Gasteiger partial charge on any atom is 0.140 e. The second kappa shape index (κ2) is 3.13. The van der Waals surface area contributed by atoms with Gasteiger partial charge in [0.2, 0.25) is 0 Å². The van der Waals surface area contributed by atoms with Gasteiger partial charge < -0.3 is 0 Å². The Labute approximate surface area is 75.8 Å². The molecule has 1 rings (SSSR count). The van der Waals surface area contributed by atoms with E-state index >= 15 is 0 Å². The standard InChI is InChI=1S/C7H2F2IN/c8-5-1-4(3-11)2-6(9)7(5)10/h1-2H. The van der Waals surface area contributed by atoms with Gasteiger partial charge in [0.25, 0.3) is 0 Å². The average molecular weight is 265 g/mol. The van der Waals surface area contributed by atoms with E-state index in [4.69, 9.17) is 5.26 Å². The van der Waals surface area contributed by atoms with Gasteiger partial charge in [0, 0.05) is 0 Å². The zero-order valence-electron chi connectivity index (χ0n) is 5.24. The van der Waals surface area contributed by atoms with Crippen LogP contribution >= 0.6 is 22.6 Å². The molecule has 0 radical (unpaired) electrons. The summed E-state index contributed by atoms with van der Waals surface area (Å²) in [5.74, 6) is -1.38. The molecular formula is C7H2F2IN. The first-order valence-corrected chi connectivity index (χ1v) is 3.77. The third-order valence-corrected chi connectivity index (χ3v) is 2.14. The summed E-state index contributed by atoms with van der Waals surface area (Å²) in [5.41, 5.74) is 0.000385. The minimum absolute atomic E-state index is 0.000385. The van der Waals surface area contributed by atoms with Crippen LogP contribution in [0.1, 0.15) is 5.56 Å². The molecule has 0 saturated carbocycles. The molecule has 0 spiro atoms. The van der Waals surface area contributed by atoms with Crippen molar-refractivity contribution in [3.63, 3.8) is 0 Å². The average Bonchev–Trinajstić information content (AvgIpc) is 1.99. The number of hydrogen-bond acceptors (Lipinski definition) is 1. The van der Waals surface area contributed by atoms with Gasteiger partial charge in [-0.1, -0.05) is 0 Å². The lowest BCUT2D eigenvalue weighted by Crippen LogP contribution is -1.89. The highest BCUT2D eigenvalue weighted by Gasteiger charge is 2.06. The molecule has 0 unspecified atom stereocenters. The van der Waals surface area contributed by atoms with Crippen molar-refractivity contribution in [3.8, 4) is 6.07 Å². The van der Waals surface area contributed by atoms with Gasteiger partial charge in [-0.05, 0) is 34.7 Å². The first-order chi connectivity index (χ1) is 5.15. The maximum absolute atomic E-state index is 12.6. The van der Waals surface area contributed by atoms with Gasteiger partial charge in [0.15, 0.2) is 0 Å². The summed E-state index contributed by atoms with van der Waals surface area (Å²) < 4.78 is 25.2. The normalized spacial score (nSPS) is 9.27. The first-order valence-electron chi connectivity index (χ1n) is 2.70. The Morgan fingerprint density at radius 1 is 1.27 bits per heavy atom. The summed E-state index contributed by atoms with van der Waals surface area (Å²) in [4.78, 5) is 0. The van der Waals surface area contributed by atoms with E-state index < -0.39 is 11.6 Å².